The van der Waals surface area contributed by atoms with Crippen molar-refractivity contribution in [2.24, 2.45) is 0 Å². The summed E-state index contributed by atoms with van der Waals surface area (Å²) in [4.78, 5) is 12.1. The molecule has 24 heavy (non-hydrogen) atoms. The largest absolute Gasteiger partial charge is 0.339 e. The molecule has 122 valence electrons. The van der Waals surface area contributed by atoms with Crippen LogP contribution in [0.15, 0.2) is 36.4 Å². The Bertz CT molecular complexity index is 956. The molecule has 0 saturated carbocycles. The van der Waals surface area contributed by atoms with Crippen molar-refractivity contribution in [1.29, 1.82) is 0 Å². The van der Waals surface area contributed by atoms with E-state index in [0.717, 1.165) is 35.7 Å². The van der Waals surface area contributed by atoms with E-state index in [4.69, 9.17) is 11.6 Å². The normalized spacial score (nSPS) is 13.5. The van der Waals surface area contributed by atoms with Gasteiger partial charge in [-0.2, -0.15) is 0 Å². The summed E-state index contributed by atoms with van der Waals surface area (Å²) in [5.74, 6) is -0.445. The van der Waals surface area contributed by atoms with Gasteiger partial charge in [0.15, 0.2) is 5.78 Å². The minimum absolute atomic E-state index is 0.104. The lowest BCUT2D eigenvalue weighted by Gasteiger charge is -2.12. The third-order valence-electron chi connectivity index (χ3n) is 4.82. The Morgan fingerprint density at radius 1 is 1.21 bits per heavy atom. The summed E-state index contributed by atoms with van der Waals surface area (Å²) in [6.07, 6.45) is 2.99. The molecule has 0 amide bonds. The van der Waals surface area contributed by atoms with Crippen LogP contribution < -0.4 is 0 Å². The molecule has 0 bridgehead atoms. The molecule has 0 unspecified atom stereocenters. The van der Waals surface area contributed by atoms with Crippen LogP contribution in [0.2, 0.25) is 5.02 Å². The quantitative estimate of drug-likeness (QED) is 0.602. The number of carbonyl (C=O) groups excluding carboxylic acids is 1. The maximum absolute atomic E-state index is 14.0. The number of hydrogen-bond acceptors (Lipinski definition) is 1. The van der Waals surface area contributed by atoms with Gasteiger partial charge in [0.1, 0.15) is 5.82 Å². The molecular weight excluding hydrogens is 325 g/mol. The Labute approximate surface area is 144 Å². The first kappa shape index (κ1) is 15.4. The molecule has 2 nitrogen and oxygen atoms in total. The zero-order chi connectivity index (χ0) is 16.8. The van der Waals surface area contributed by atoms with Gasteiger partial charge in [-0.3, -0.25) is 4.79 Å². The van der Waals surface area contributed by atoms with E-state index < -0.39 is 0 Å². The molecule has 0 fully saturated rings. The van der Waals surface area contributed by atoms with Gasteiger partial charge < -0.3 is 4.57 Å². The lowest BCUT2D eigenvalue weighted by Crippen LogP contribution is -2.07. The Kier molecular flexibility index (Phi) is 3.69. The summed E-state index contributed by atoms with van der Waals surface area (Å²) < 4.78 is 16.2. The van der Waals surface area contributed by atoms with Crippen LogP contribution in [0.3, 0.4) is 0 Å². The van der Waals surface area contributed by atoms with Crippen LogP contribution in [-0.2, 0) is 19.4 Å². The molecule has 0 N–H and O–H groups in total. The van der Waals surface area contributed by atoms with Crippen LogP contribution in [0, 0.1) is 5.82 Å². The second kappa shape index (κ2) is 5.75. The maximum atomic E-state index is 14.0. The number of Topliss-reactive ketones (excluding diaryl/α,β-unsaturated/α-hetero) is 1. The van der Waals surface area contributed by atoms with Gasteiger partial charge in [-0.25, -0.2) is 4.39 Å². The summed E-state index contributed by atoms with van der Waals surface area (Å²) in [5, 5.41) is 1.59. The average Bonchev–Trinajstić information content (AvgIpc) is 3.12. The Morgan fingerprint density at radius 2 is 1.96 bits per heavy atom. The maximum Gasteiger partial charge on any atom is 0.162 e. The predicted molar refractivity (Wildman–Crippen MR) is 94.5 cm³/mol. The fourth-order valence-corrected chi connectivity index (χ4v) is 3.91. The highest BCUT2D eigenvalue weighted by molar-refractivity contribution is 6.30. The second-order valence-electron chi connectivity index (χ2n) is 6.40. The average molecular weight is 342 g/mol. The number of nitrogens with zero attached hydrogens (tertiary/aromatic N) is 1. The van der Waals surface area contributed by atoms with E-state index in [1.807, 2.05) is 24.3 Å². The first-order valence-electron chi connectivity index (χ1n) is 8.13. The van der Waals surface area contributed by atoms with Gasteiger partial charge in [-0.1, -0.05) is 23.7 Å². The van der Waals surface area contributed by atoms with Crippen molar-refractivity contribution < 1.29 is 9.18 Å². The summed E-state index contributed by atoms with van der Waals surface area (Å²) >= 11 is 5.97. The van der Waals surface area contributed by atoms with Crippen molar-refractivity contribution in [1.82, 2.24) is 4.57 Å². The van der Waals surface area contributed by atoms with Crippen molar-refractivity contribution in [2.75, 3.05) is 0 Å². The zero-order valence-corrected chi connectivity index (χ0v) is 14.2. The summed E-state index contributed by atoms with van der Waals surface area (Å²) in [6.45, 7) is 2.16. The molecular formula is C20H17ClFNO. The van der Waals surface area contributed by atoms with Gasteiger partial charge in [0.05, 0.1) is 5.52 Å². The fraction of sp³-hybridized carbons (Fsp3) is 0.250. The molecule has 3 aromatic rings. The number of hydrogen-bond donors (Lipinski definition) is 0. The predicted octanol–water partition coefficient (Wildman–Crippen LogP) is 5.17. The number of rotatable bonds is 3. The van der Waals surface area contributed by atoms with Gasteiger partial charge in [0, 0.05) is 28.2 Å². The molecule has 1 aliphatic carbocycles. The zero-order valence-electron chi connectivity index (χ0n) is 13.4. The van der Waals surface area contributed by atoms with E-state index in [0.29, 0.717) is 17.1 Å². The molecule has 0 aliphatic heterocycles. The van der Waals surface area contributed by atoms with Crippen molar-refractivity contribution in [3.8, 4) is 0 Å². The fourth-order valence-electron chi connectivity index (χ4n) is 3.79. The number of ketones is 1. The minimum Gasteiger partial charge on any atom is -0.339 e. The van der Waals surface area contributed by atoms with Gasteiger partial charge in [0.25, 0.3) is 0 Å². The van der Waals surface area contributed by atoms with Gasteiger partial charge >= 0.3 is 0 Å². The van der Waals surface area contributed by atoms with Gasteiger partial charge in [0.2, 0.25) is 0 Å². The third-order valence-corrected chi connectivity index (χ3v) is 5.07. The van der Waals surface area contributed by atoms with Crippen molar-refractivity contribution in [2.45, 2.75) is 32.7 Å². The van der Waals surface area contributed by atoms with Crippen LogP contribution in [-0.4, -0.2) is 10.4 Å². The topological polar surface area (TPSA) is 22.0 Å². The molecule has 1 heterocycles. The molecule has 0 atom stereocenters. The monoisotopic (exact) mass is 341 g/mol. The molecule has 4 rings (SSSR count). The Morgan fingerprint density at radius 3 is 2.67 bits per heavy atom. The van der Waals surface area contributed by atoms with E-state index in [9.17, 15) is 9.18 Å². The number of benzene rings is 2. The van der Waals surface area contributed by atoms with Crippen LogP contribution in [0.25, 0.3) is 10.9 Å². The number of carbonyl (C=O) groups is 1. The number of aromatic nitrogens is 1. The summed E-state index contributed by atoms with van der Waals surface area (Å²) in [6, 6.07) is 10.7. The van der Waals surface area contributed by atoms with E-state index in [1.165, 1.54) is 24.2 Å². The number of aryl methyl sites for hydroxylation is 1. The highest BCUT2D eigenvalue weighted by atomic mass is 35.5. The molecule has 0 radical (unpaired) electrons. The van der Waals surface area contributed by atoms with Crippen LogP contribution in [0.4, 0.5) is 4.39 Å². The summed E-state index contributed by atoms with van der Waals surface area (Å²) in [5.41, 5.74) is 4.87. The first-order chi connectivity index (χ1) is 11.5. The number of halogens is 2. The van der Waals surface area contributed by atoms with E-state index >= 15 is 0 Å². The highest BCUT2D eigenvalue weighted by Gasteiger charge is 2.25. The lowest BCUT2D eigenvalue weighted by atomic mass is 10.0. The second-order valence-corrected chi connectivity index (χ2v) is 6.83. The molecule has 1 aliphatic rings. The van der Waals surface area contributed by atoms with E-state index in [1.54, 1.807) is 6.07 Å². The first-order valence-corrected chi connectivity index (χ1v) is 8.51. The number of fused-ring (bicyclic) bond motifs is 3. The van der Waals surface area contributed by atoms with Crippen LogP contribution in [0.1, 0.15) is 40.5 Å². The van der Waals surface area contributed by atoms with Crippen LogP contribution in [0.5, 0.6) is 0 Å². The standard InChI is InChI=1S/C20H17ClFNO/c1-12(24)17-9-15(22)10-18-16-3-2-4-19(16)23(20(17)18)11-13-5-7-14(21)8-6-13/h5-10H,2-4,11H2,1H3. The molecule has 0 saturated heterocycles. The lowest BCUT2D eigenvalue weighted by molar-refractivity contribution is 0.101. The van der Waals surface area contributed by atoms with Crippen molar-refractivity contribution >= 4 is 28.3 Å². The highest BCUT2D eigenvalue weighted by Crippen LogP contribution is 2.36. The molecule has 0 spiro atoms. The SMILES string of the molecule is CC(=O)c1cc(F)cc2c3c(n(Cc4ccc(Cl)cc4)c12)CCC3. The van der Waals surface area contributed by atoms with Crippen molar-refractivity contribution in [3.05, 3.63) is 69.6 Å². The van der Waals surface area contributed by atoms with Gasteiger partial charge in [-0.05, 0) is 61.6 Å². The molecule has 4 heteroatoms. The van der Waals surface area contributed by atoms with E-state index in [-0.39, 0.29) is 11.6 Å². The Balaban J connectivity index is 1.96. The minimum atomic E-state index is -0.342. The van der Waals surface area contributed by atoms with Crippen molar-refractivity contribution in [3.63, 3.8) is 0 Å². The van der Waals surface area contributed by atoms with Gasteiger partial charge in [-0.15, -0.1) is 0 Å². The van der Waals surface area contributed by atoms with Crippen LogP contribution >= 0.6 is 11.6 Å². The third kappa shape index (κ3) is 2.44. The van der Waals surface area contributed by atoms with E-state index in [2.05, 4.69) is 4.57 Å². The molecule has 2 aromatic carbocycles. The smallest absolute Gasteiger partial charge is 0.162 e. The summed E-state index contributed by atoms with van der Waals surface area (Å²) in [7, 11) is 0. The Hall–Kier alpha value is -2.13. The molecule has 1 aromatic heterocycles.